The topological polar surface area (TPSA) is 54.0 Å². The lowest BCUT2D eigenvalue weighted by Crippen LogP contribution is -2.37. The average Bonchev–Trinajstić information content (AvgIpc) is 2.30. The van der Waals surface area contributed by atoms with Crippen molar-refractivity contribution in [2.45, 2.75) is 6.42 Å². The highest BCUT2D eigenvalue weighted by Gasteiger charge is 2.10. The van der Waals surface area contributed by atoms with Crippen molar-refractivity contribution in [1.82, 2.24) is 5.01 Å². The Morgan fingerprint density at radius 3 is 2.71 bits per heavy atom. The van der Waals surface area contributed by atoms with E-state index in [0.29, 0.717) is 21.6 Å². The van der Waals surface area contributed by atoms with Gasteiger partial charge in [-0.05, 0) is 18.6 Å². The van der Waals surface area contributed by atoms with Crippen molar-refractivity contribution in [1.29, 1.82) is 0 Å². The number of guanidine groups is 1. The van der Waals surface area contributed by atoms with Gasteiger partial charge in [0, 0.05) is 18.7 Å². The number of halogens is 2. The van der Waals surface area contributed by atoms with Crippen LogP contribution in [-0.2, 0) is 0 Å². The van der Waals surface area contributed by atoms with Gasteiger partial charge in [0.2, 0.25) is 5.96 Å². The molecule has 90 valence electrons. The lowest BCUT2D eigenvalue weighted by Gasteiger charge is -2.21. The highest BCUT2D eigenvalue weighted by Crippen LogP contribution is 2.22. The Morgan fingerprint density at radius 2 is 2.06 bits per heavy atom. The van der Waals surface area contributed by atoms with E-state index in [-0.39, 0.29) is 0 Å². The highest BCUT2D eigenvalue weighted by atomic mass is 35.5. The molecule has 1 heterocycles. The van der Waals surface area contributed by atoms with E-state index in [1.807, 2.05) is 0 Å². The van der Waals surface area contributed by atoms with Crippen LogP contribution in [-0.4, -0.2) is 30.3 Å². The number of nitrogens with two attached hydrogens (primary N) is 1. The molecule has 2 N–H and O–H groups in total. The predicted molar refractivity (Wildman–Crippen MR) is 71.9 cm³/mol. The van der Waals surface area contributed by atoms with Gasteiger partial charge in [-0.3, -0.25) is 4.99 Å². The van der Waals surface area contributed by atoms with Gasteiger partial charge in [0.1, 0.15) is 0 Å². The molecule has 0 atom stereocenters. The molecule has 0 spiro atoms. The predicted octanol–water partition coefficient (Wildman–Crippen LogP) is 2.35. The summed E-state index contributed by atoms with van der Waals surface area (Å²) in [6, 6.07) is 5.32. The van der Waals surface area contributed by atoms with Crippen molar-refractivity contribution in [3.8, 4) is 0 Å². The summed E-state index contributed by atoms with van der Waals surface area (Å²) < 4.78 is 0. The SMILES string of the molecule is NC1=NCCCN1/N=C/c1c(Cl)cccc1Cl. The molecule has 0 radical (unpaired) electrons. The molecule has 1 aliphatic rings. The minimum Gasteiger partial charge on any atom is -0.368 e. The molecule has 1 aromatic rings. The molecule has 4 nitrogen and oxygen atoms in total. The van der Waals surface area contributed by atoms with Gasteiger partial charge in [0.15, 0.2) is 0 Å². The maximum absolute atomic E-state index is 6.03. The summed E-state index contributed by atoms with van der Waals surface area (Å²) in [4.78, 5) is 4.11. The standard InChI is InChI=1S/C11H12Cl2N4/c12-9-3-1-4-10(13)8(9)7-16-17-6-2-5-15-11(17)14/h1,3-4,7H,2,5-6H2,(H2,14,15)/b16-7+. The molecule has 1 aromatic carbocycles. The van der Waals surface area contributed by atoms with Gasteiger partial charge in [0.25, 0.3) is 0 Å². The van der Waals surface area contributed by atoms with Crippen LogP contribution in [0.1, 0.15) is 12.0 Å². The van der Waals surface area contributed by atoms with Crippen LogP contribution >= 0.6 is 23.2 Å². The first-order chi connectivity index (χ1) is 8.18. The summed E-state index contributed by atoms with van der Waals surface area (Å²) in [5.41, 5.74) is 6.40. The molecule has 0 bridgehead atoms. The molecule has 0 amide bonds. The van der Waals surface area contributed by atoms with E-state index in [2.05, 4.69) is 10.1 Å². The molecule has 17 heavy (non-hydrogen) atoms. The molecule has 0 aromatic heterocycles. The molecular weight excluding hydrogens is 259 g/mol. The van der Waals surface area contributed by atoms with Crippen molar-refractivity contribution in [3.63, 3.8) is 0 Å². The quantitative estimate of drug-likeness (QED) is 0.839. The van der Waals surface area contributed by atoms with Gasteiger partial charge in [-0.2, -0.15) is 5.10 Å². The minimum absolute atomic E-state index is 0.427. The second-order valence-corrected chi connectivity index (χ2v) is 4.41. The number of hydrazone groups is 1. The first-order valence-electron chi connectivity index (χ1n) is 5.24. The largest absolute Gasteiger partial charge is 0.368 e. The van der Waals surface area contributed by atoms with E-state index < -0.39 is 0 Å². The monoisotopic (exact) mass is 270 g/mol. The van der Waals surface area contributed by atoms with Gasteiger partial charge in [0.05, 0.1) is 16.3 Å². The van der Waals surface area contributed by atoms with Crippen LogP contribution in [0, 0.1) is 0 Å². The highest BCUT2D eigenvalue weighted by molar-refractivity contribution is 6.38. The zero-order valence-electron chi connectivity index (χ0n) is 9.11. The maximum Gasteiger partial charge on any atom is 0.212 e. The Balaban J connectivity index is 2.20. The average molecular weight is 271 g/mol. The van der Waals surface area contributed by atoms with Crippen LogP contribution in [0.5, 0.6) is 0 Å². The smallest absolute Gasteiger partial charge is 0.212 e. The third kappa shape index (κ3) is 2.90. The summed E-state index contributed by atoms with van der Waals surface area (Å²) in [7, 11) is 0. The van der Waals surface area contributed by atoms with Crippen LogP contribution < -0.4 is 5.73 Å². The van der Waals surface area contributed by atoms with Crippen LogP contribution in [0.2, 0.25) is 10.0 Å². The number of aliphatic imine (C=N–C) groups is 1. The second kappa shape index (κ2) is 5.38. The number of rotatable bonds is 2. The summed E-state index contributed by atoms with van der Waals surface area (Å²) in [6.45, 7) is 1.51. The number of hydrogen-bond acceptors (Lipinski definition) is 4. The zero-order valence-corrected chi connectivity index (χ0v) is 10.6. The van der Waals surface area contributed by atoms with Crippen molar-refractivity contribution in [2.75, 3.05) is 13.1 Å². The van der Waals surface area contributed by atoms with E-state index in [9.17, 15) is 0 Å². The fourth-order valence-corrected chi connectivity index (χ4v) is 1.98. The molecule has 0 saturated heterocycles. The van der Waals surface area contributed by atoms with Gasteiger partial charge in [-0.1, -0.05) is 29.3 Å². The summed E-state index contributed by atoms with van der Waals surface area (Å²) in [5, 5.41) is 7.01. The van der Waals surface area contributed by atoms with Gasteiger partial charge < -0.3 is 5.73 Å². The van der Waals surface area contributed by atoms with E-state index in [1.54, 1.807) is 29.4 Å². The molecule has 0 saturated carbocycles. The summed E-state index contributed by atoms with van der Waals surface area (Å²) in [6.07, 6.45) is 2.55. The van der Waals surface area contributed by atoms with E-state index >= 15 is 0 Å². The van der Waals surface area contributed by atoms with E-state index in [0.717, 1.165) is 19.5 Å². The Hall–Kier alpha value is -1.26. The van der Waals surface area contributed by atoms with Gasteiger partial charge in [-0.25, -0.2) is 5.01 Å². The maximum atomic E-state index is 6.03. The van der Waals surface area contributed by atoms with Crippen molar-refractivity contribution in [2.24, 2.45) is 15.8 Å². The van der Waals surface area contributed by atoms with E-state index in [4.69, 9.17) is 28.9 Å². The normalized spacial score (nSPS) is 16.4. The van der Waals surface area contributed by atoms with Crippen LogP contribution in [0.4, 0.5) is 0 Å². The molecule has 0 unspecified atom stereocenters. The van der Waals surface area contributed by atoms with Crippen LogP contribution in [0.25, 0.3) is 0 Å². The molecule has 0 aliphatic carbocycles. The third-order valence-corrected chi connectivity index (χ3v) is 3.05. The van der Waals surface area contributed by atoms with Crippen LogP contribution in [0.3, 0.4) is 0 Å². The van der Waals surface area contributed by atoms with Crippen molar-refractivity contribution >= 4 is 35.4 Å². The molecule has 1 aliphatic heterocycles. The molecule has 0 fully saturated rings. The number of benzene rings is 1. The first-order valence-corrected chi connectivity index (χ1v) is 5.99. The van der Waals surface area contributed by atoms with E-state index in [1.165, 1.54) is 0 Å². The lowest BCUT2D eigenvalue weighted by atomic mass is 10.2. The lowest BCUT2D eigenvalue weighted by molar-refractivity contribution is 0.413. The summed E-state index contributed by atoms with van der Waals surface area (Å²) in [5.74, 6) is 0.427. The Labute approximate surface area is 110 Å². The Kier molecular flexibility index (Phi) is 3.86. The molecular formula is C11H12Cl2N4. The number of hydrogen-bond donors (Lipinski definition) is 1. The first kappa shape index (κ1) is 12.2. The minimum atomic E-state index is 0.427. The van der Waals surface area contributed by atoms with Crippen molar-refractivity contribution < 1.29 is 0 Å². The molecule has 6 heteroatoms. The molecule has 2 rings (SSSR count). The van der Waals surface area contributed by atoms with Gasteiger partial charge in [-0.15, -0.1) is 0 Å². The third-order valence-electron chi connectivity index (χ3n) is 2.39. The zero-order chi connectivity index (χ0) is 12.3. The van der Waals surface area contributed by atoms with Crippen molar-refractivity contribution in [3.05, 3.63) is 33.8 Å². The summed E-state index contributed by atoms with van der Waals surface area (Å²) >= 11 is 12.1. The fraction of sp³-hybridized carbons (Fsp3) is 0.273. The fourth-order valence-electron chi connectivity index (χ4n) is 1.49. The Bertz CT molecular complexity index is 450. The second-order valence-electron chi connectivity index (χ2n) is 3.60. The number of nitrogens with zero attached hydrogens (tertiary/aromatic N) is 3. The van der Waals surface area contributed by atoms with Crippen LogP contribution in [0.15, 0.2) is 28.3 Å². The Morgan fingerprint density at radius 1 is 1.35 bits per heavy atom. The van der Waals surface area contributed by atoms with Gasteiger partial charge >= 0.3 is 0 Å².